The minimum absolute atomic E-state index is 0.0793. The van der Waals surface area contributed by atoms with Gasteiger partial charge in [-0.1, -0.05) is 54.9 Å². The molecule has 1 saturated carbocycles. The molecule has 0 aromatic carbocycles. The van der Waals surface area contributed by atoms with Crippen LogP contribution in [0.2, 0.25) is 0 Å². The third-order valence-corrected chi connectivity index (χ3v) is 5.59. The van der Waals surface area contributed by atoms with Crippen molar-refractivity contribution in [3.63, 3.8) is 0 Å². The molecule has 6 unspecified atom stereocenters. The minimum Gasteiger partial charge on any atom is -0.458 e. The Bertz CT molecular complexity index is 459. The Morgan fingerprint density at radius 2 is 1.84 bits per heavy atom. The lowest BCUT2D eigenvalue weighted by atomic mass is 9.79. The van der Waals surface area contributed by atoms with Gasteiger partial charge in [0, 0.05) is 5.92 Å². The summed E-state index contributed by atoms with van der Waals surface area (Å²) in [6, 6.07) is 0. The molecule has 4 nitrogen and oxygen atoms in total. The molecule has 2 rings (SSSR count). The van der Waals surface area contributed by atoms with Crippen molar-refractivity contribution in [2.75, 3.05) is 0 Å². The van der Waals surface area contributed by atoms with Gasteiger partial charge in [0.15, 0.2) is 0 Å². The Kier molecular flexibility index (Phi) is 7.95. The van der Waals surface area contributed by atoms with E-state index in [2.05, 4.69) is 34.6 Å². The van der Waals surface area contributed by atoms with Crippen molar-refractivity contribution in [3.05, 3.63) is 0 Å². The van der Waals surface area contributed by atoms with Gasteiger partial charge in [0.1, 0.15) is 12.2 Å². The van der Waals surface area contributed by atoms with Gasteiger partial charge in [0.25, 0.3) is 0 Å². The summed E-state index contributed by atoms with van der Waals surface area (Å²) in [6.07, 6.45) is 3.18. The zero-order valence-corrected chi connectivity index (χ0v) is 17.4. The lowest BCUT2D eigenvalue weighted by molar-refractivity contribution is -0.173. The quantitative estimate of drug-likeness (QED) is 0.652. The molecule has 0 amide bonds. The smallest absolute Gasteiger partial charge is 0.312 e. The van der Waals surface area contributed by atoms with Gasteiger partial charge in [-0.2, -0.15) is 0 Å². The molecule has 1 aliphatic heterocycles. The first kappa shape index (κ1) is 22.0. The van der Waals surface area contributed by atoms with Crippen LogP contribution in [0.1, 0.15) is 81.1 Å². The fraction of sp³-hybridized carbons (Fsp3) is 0.905. The van der Waals surface area contributed by atoms with Gasteiger partial charge in [-0.15, -0.1) is 0 Å². The van der Waals surface area contributed by atoms with Crippen LogP contribution in [0.4, 0.5) is 0 Å². The first-order chi connectivity index (χ1) is 11.6. The third-order valence-electron chi connectivity index (χ3n) is 5.59. The zero-order chi connectivity index (χ0) is 19.4. The summed E-state index contributed by atoms with van der Waals surface area (Å²) < 4.78 is 11.4. The molecule has 0 aromatic rings. The van der Waals surface area contributed by atoms with Gasteiger partial charge < -0.3 is 9.47 Å². The van der Waals surface area contributed by atoms with Crippen molar-refractivity contribution in [2.45, 2.75) is 93.3 Å². The highest BCUT2D eigenvalue weighted by Crippen LogP contribution is 2.45. The second-order valence-electron chi connectivity index (χ2n) is 8.66. The van der Waals surface area contributed by atoms with Crippen molar-refractivity contribution in [1.82, 2.24) is 0 Å². The van der Waals surface area contributed by atoms with E-state index < -0.39 is 5.41 Å². The van der Waals surface area contributed by atoms with Crippen LogP contribution in [-0.2, 0) is 19.1 Å². The van der Waals surface area contributed by atoms with E-state index in [0.29, 0.717) is 5.92 Å². The van der Waals surface area contributed by atoms with Crippen LogP contribution in [0.15, 0.2) is 0 Å². The topological polar surface area (TPSA) is 52.6 Å². The van der Waals surface area contributed by atoms with E-state index in [1.807, 2.05) is 20.8 Å². The SMILES string of the molecule is CCC.CCC(C)(CC(C)C)C(=O)OC1C(C)CC2C(C)C(=O)OC21. The largest absolute Gasteiger partial charge is 0.458 e. The molecule has 146 valence electrons. The highest BCUT2D eigenvalue weighted by molar-refractivity contribution is 5.77. The number of esters is 2. The number of fused-ring (bicyclic) bond motifs is 1. The number of hydrogen-bond donors (Lipinski definition) is 0. The maximum atomic E-state index is 12.7. The van der Waals surface area contributed by atoms with E-state index in [1.54, 1.807) is 0 Å². The normalized spacial score (nSPS) is 33.2. The van der Waals surface area contributed by atoms with Crippen LogP contribution < -0.4 is 0 Å². The summed E-state index contributed by atoms with van der Waals surface area (Å²) in [6.45, 7) is 16.5. The van der Waals surface area contributed by atoms with Crippen molar-refractivity contribution in [1.29, 1.82) is 0 Å². The molecule has 6 atom stereocenters. The fourth-order valence-electron chi connectivity index (χ4n) is 4.05. The third kappa shape index (κ3) is 4.98. The maximum absolute atomic E-state index is 12.7. The predicted molar refractivity (Wildman–Crippen MR) is 100 cm³/mol. The molecular weight excluding hydrogens is 316 g/mol. The molecule has 0 N–H and O–H groups in total. The molecule has 0 bridgehead atoms. The average Bonchev–Trinajstić information content (AvgIpc) is 2.96. The lowest BCUT2D eigenvalue weighted by Crippen LogP contribution is -2.39. The van der Waals surface area contributed by atoms with Crippen LogP contribution in [-0.4, -0.2) is 24.1 Å². The molecule has 0 aromatic heterocycles. The van der Waals surface area contributed by atoms with E-state index in [9.17, 15) is 9.59 Å². The Morgan fingerprint density at radius 3 is 2.32 bits per heavy atom. The number of ether oxygens (including phenoxy) is 2. The second-order valence-corrected chi connectivity index (χ2v) is 8.66. The Hall–Kier alpha value is -1.06. The predicted octanol–water partition coefficient (Wildman–Crippen LogP) is 4.99. The highest BCUT2D eigenvalue weighted by atomic mass is 16.6. The van der Waals surface area contributed by atoms with Crippen LogP contribution >= 0.6 is 0 Å². The summed E-state index contributed by atoms with van der Waals surface area (Å²) in [5, 5.41) is 0. The summed E-state index contributed by atoms with van der Waals surface area (Å²) in [4.78, 5) is 24.5. The lowest BCUT2D eigenvalue weighted by Gasteiger charge is -2.31. The van der Waals surface area contributed by atoms with E-state index >= 15 is 0 Å². The van der Waals surface area contributed by atoms with Crippen LogP contribution in [0, 0.1) is 29.1 Å². The summed E-state index contributed by atoms with van der Waals surface area (Å²) in [5.41, 5.74) is -0.458. The molecule has 25 heavy (non-hydrogen) atoms. The molecule has 2 fully saturated rings. The second kappa shape index (κ2) is 9.05. The molecule has 1 saturated heterocycles. The molecule has 4 heteroatoms. The van der Waals surface area contributed by atoms with Crippen LogP contribution in [0.5, 0.6) is 0 Å². The molecule has 0 radical (unpaired) electrons. The molecule has 0 spiro atoms. The van der Waals surface area contributed by atoms with Crippen LogP contribution in [0.3, 0.4) is 0 Å². The van der Waals surface area contributed by atoms with E-state index in [1.165, 1.54) is 6.42 Å². The first-order valence-corrected chi connectivity index (χ1v) is 10.0. The first-order valence-electron chi connectivity index (χ1n) is 10.0. The number of carbonyl (C=O) groups is 2. The summed E-state index contributed by atoms with van der Waals surface area (Å²) in [5.74, 6) is 0.507. The zero-order valence-electron chi connectivity index (χ0n) is 17.4. The average molecular weight is 355 g/mol. The molecular formula is C21H38O4. The van der Waals surface area contributed by atoms with Gasteiger partial charge in [-0.3, -0.25) is 9.59 Å². The summed E-state index contributed by atoms with van der Waals surface area (Å²) in [7, 11) is 0. The van der Waals surface area contributed by atoms with Gasteiger partial charge in [-0.25, -0.2) is 0 Å². The number of carbonyl (C=O) groups excluding carboxylic acids is 2. The number of hydrogen-bond acceptors (Lipinski definition) is 4. The Labute approximate surface area is 154 Å². The van der Waals surface area contributed by atoms with Crippen molar-refractivity contribution in [3.8, 4) is 0 Å². The molecule has 2 aliphatic rings. The van der Waals surface area contributed by atoms with Gasteiger partial charge in [-0.05, 0) is 38.0 Å². The van der Waals surface area contributed by atoms with Crippen molar-refractivity contribution < 1.29 is 19.1 Å². The van der Waals surface area contributed by atoms with E-state index in [-0.39, 0.29) is 41.9 Å². The fourth-order valence-corrected chi connectivity index (χ4v) is 4.05. The van der Waals surface area contributed by atoms with Gasteiger partial charge >= 0.3 is 11.9 Å². The Balaban J connectivity index is 0.000000970. The van der Waals surface area contributed by atoms with Crippen LogP contribution in [0.25, 0.3) is 0 Å². The van der Waals surface area contributed by atoms with Crippen molar-refractivity contribution >= 4 is 11.9 Å². The molecule has 1 aliphatic carbocycles. The number of rotatable bonds is 5. The van der Waals surface area contributed by atoms with Gasteiger partial charge in [0.2, 0.25) is 0 Å². The Morgan fingerprint density at radius 1 is 1.28 bits per heavy atom. The summed E-state index contributed by atoms with van der Waals surface area (Å²) >= 11 is 0. The monoisotopic (exact) mass is 354 g/mol. The van der Waals surface area contributed by atoms with Crippen molar-refractivity contribution in [2.24, 2.45) is 29.1 Å². The van der Waals surface area contributed by atoms with E-state index in [4.69, 9.17) is 9.47 Å². The molecule has 1 heterocycles. The van der Waals surface area contributed by atoms with Gasteiger partial charge in [0.05, 0.1) is 11.3 Å². The highest BCUT2D eigenvalue weighted by Gasteiger charge is 2.55. The van der Waals surface area contributed by atoms with E-state index in [0.717, 1.165) is 19.3 Å². The standard InChI is InChI=1S/C18H30O4.C3H8/c1-7-18(6,9-10(2)3)17(20)22-14-11(4)8-13-12(5)16(19)21-15(13)14;1-3-2/h10-15H,7-9H2,1-6H3;3H2,1-2H3. The maximum Gasteiger partial charge on any atom is 0.312 e. The minimum atomic E-state index is -0.458.